The van der Waals surface area contributed by atoms with Gasteiger partial charge in [-0.05, 0) is 55.1 Å². The summed E-state index contributed by atoms with van der Waals surface area (Å²) in [4.78, 5) is 11.1. The number of piperidine rings is 1. The Morgan fingerprint density at radius 1 is 1.03 bits per heavy atom. The average molecular weight is 514 g/mol. The molecular weight excluding hydrogens is 485 g/mol. The molecule has 1 unspecified atom stereocenters. The summed E-state index contributed by atoms with van der Waals surface area (Å²) in [6, 6.07) is 18.3. The number of hydrogen-bond acceptors (Lipinski definition) is 9. The Labute approximate surface area is 219 Å². The van der Waals surface area contributed by atoms with Gasteiger partial charge < -0.3 is 9.63 Å². The van der Waals surface area contributed by atoms with E-state index in [0.717, 1.165) is 43.6 Å². The van der Waals surface area contributed by atoms with Crippen LogP contribution in [0, 0.1) is 11.7 Å². The van der Waals surface area contributed by atoms with Crippen LogP contribution in [-0.2, 0) is 6.54 Å². The first-order chi connectivity index (χ1) is 18.7. The molecule has 38 heavy (non-hydrogen) atoms. The minimum Gasteiger partial charge on any atom is -0.396 e. The number of aliphatic hydroxyl groups excluding tert-OH is 1. The molecule has 6 rings (SSSR count). The van der Waals surface area contributed by atoms with E-state index in [1.807, 2.05) is 24.3 Å². The van der Waals surface area contributed by atoms with Gasteiger partial charge in [-0.3, -0.25) is 20.3 Å². The Kier molecular flexibility index (Phi) is 6.82. The maximum absolute atomic E-state index is 14.7. The summed E-state index contributed by atoms with van der Waals surface area (Å²) in [5.74, 6) is 0.709. The van der Waals surface area contributed by atoms with Crippen LogP contribution < -0.4 is 16.0 Å². The minimum absolute atomic E-state index is 0.247. The van der Waals surface area contributed by atoms with Gasteiger partial charge in [-0.2, -0.15) is 4.98 Å². The molecule has 10 heteroatoms. The van der Waals surface area contributed by atoms with Gasteiger partial charge in [-0.1, -0.05) is 41.6 Å². The normalized spacial score (nSPS) is 18.2. The topological polar surface area (TPSA) is 103 Å². The highest BCUT2D eigenvalue weighted by Gasteiger charge is 2.31. The summed E-state index contributed by atoms with van der Waals surface area (Å²) in [7, 11) is 0. The minimum atomic E-state index is -0.377. The number of nitrogens with zero attached hydrogens (tertiary/aromatic N) is 5. The molecule has 2 aromatic carbocycles. The first kappa shape index (κ1) is 24.2. The average Bonchev–Trinajstić information content (AvgIpc) is 3.62. The second kappa shape index (κ2) is 10.7. The summed E-state index contributed by atoms with van der Waals surface area (Å²) in [6.07, 6.45) is 5.55. The SMILES string of the molecule is OCC1CCCN(Cc2ccc(-c3noc(C4=C(c5ccncc5)N(c5ccccc5F)NN4)n3)cc2)C1. The number of hydrogen-bond donors (Lipinski definition) is 3. The lowest BCUT2D eigenvalue weighted by molar-refractivity contribution is 0.116. The van der Waals surface area contributed by atoms with E-state index in [2.05, 4.69) is 43.1 Å². The number of rotatable bonds is 7. The molecule has 4 heterocycles. The molecule has 194 valence electrons. The Bertz CT molecular complexity index is 1420. The van der Waals surface area contributed by atoms with Crippen LogP contribution in [0.5, 0.6) is 0 Å². The van der Waals surface area contributed by atoms with Crippen molar-refractivity contribution >= 4 is 17.1 Å². The Morgan fingerprint density at radius 2 is 1.84 bits per heavy atom. The molecule has 1 atom stereocenters. The van der Waals surface area contributed by atoms with Crippen molar-refractivity contribution in [1.29, 1.82) is 0 Å². The van der Waals surface area contributed by atoms with Crippen LogP contribution in [0.3, 0.4) is 0 Å². The van der Waals surface area contributed by atoms with Gasteiger partial charge in [0.1, 0.15) is 11.5 Å². The lowest BCUT2D eigenvalue weighted by Gasteiger charge is -2.31. The molecule has 1 fully saturated rings. The predicted molar refractivity (Wildman–Crippen MR) is 141 cm³/mol. The number of aromatic nitrogens is 3. The largest absolute Gasteiger partial charge is 0.396 e. The number of para-hydroxylation sites is 1. The van der Waals surface area contributed by atoms with E-state index in [0.29, 0.717) is 28.8 Å². The van der Waals surface area contributed by atoms with E-state index in [1.165, 1.54) is 11.6 Å². The van der Waals surface area contributed by atoms with Crippen molar-refractivity contribution < 1.29 is 14.0 Å². The smallest absolute Gasteiger partial charge is 0.277 e. The molecule has 2 aliphatic rings. The number of hydrazine groups is 2. The lowest BCUT2D eigenvalue weighted by atomic mass is 9.98. The van der Waals surface area contributed by atoms with Crippen molar-refractivity contribution in [1.82, 2.24) is 31.0 Å². The second-order valence-corrected chi connectivity index (χ2v) is 9.53. The van der Waals surface area contributed by atoms with Crippen molar-refractivity contribution in [3.63, 3.8) is 0 Å². The maximum Gasteiger partial charge on any atom is 0.277 e. The molecule has 1 saturated heterocycles. The molecule has 0 radical (unpaired) electrons. The van der Waals surface area contributed by atoms with Crippen molar-refractivity contribution in [2.75, 3.05) is 24.7 Å². The van der Waals surface area contributed by atoms with Crippen molar-refractivity contribution in [3.05, 3.63) is 95.9 Å². The van der Waals surface area contributed by atoms with E-state index in [1.54, 1.807) is 35.6 Å². The van der Waals surface area contributed by atoms with E-state index in [-0.39, 0.29) is 18.3 Å². The van der Waals surface area contributed by atoms with Gasteiger partial charge in [0.05, 0.1) is 11.4 Å². The molecule has 0 amide bonds. The predicted octanol–water partition coefficient (Wildman–Crippen LogP) is 3.83. The van der Waals surface area contributed by atoms with E-state index in [9.17, 15) is 9.50 Å². The Hall–Kier alpha value is -4.12. The molecule has 2 aromatic heterocycles. The molecule has 0 saturated carbocycles. The summed E-state index contributed by atoms with van der Waals surface area (Å²) < 4.78 is 20.3. The van der Waals surface area contributed by atoms with Gasteiger partial charge in [0.15, 0.2) is 0 Å². The first-order valence-corrected chi connectivity index (χ1v) is 12.7. The molecule has 0 aliphatic carbocycles. The van der Waals surface area contributed by atoms with Crippen LogP contribution in [0.2, 0.25) is 0 Å². The Balaban J connectivity index is 1.27. The summed E-state index contributed by atoms with van der Waals surface area (Å²) in [6.45, 7) is 3.06. The van der Waals surface area contributed by atoms with Crippen LogP contribution in [0.15, 0.2) is 77.6 Å². The van der Waals surface area contributed by atoms with Crippen LogP contribution in [0.4, 0.5) is 10.1 Å². The fraction of sp³-hybridized carbons (Fsp3) is 0.250. The number of pyridine rings is 1. The third-order valence-corrected chi connectivity index (χ3v) is 6.92. The highest BCUT2D eigenvalue weighted by molar-refractivity contribution is 5.96. The first-order valence-electron chi connectivity index (χ1n) is 12.7. The van der Waals surface area contributed by atoms with Crippen LogP contribution in [-0.4, -0.2) is 44.8 Å². The standard InChI is InChI=1S/C28H28FN7O2/c29-23-5-1-2-6-24(23)36-26(21-11-13-30-14-12-21)25(32-34-36)28-31-27(33-38-28)22-9-7-19(8-10-22)16-35-15-3-4-20(17-35)18-37/h1-2,5-14,20,32,34,37H,3-4,15-18H2. The van der Waals surface area contributed by atoms with Crippen molar-refractivity contribution in [2.45, 2.75) is 19.4 Å². The number of nitrogens with one attached hydrogen (secondary N) is 2. The zero-order chi connectivity index (χ0) is 25.9. The molecule has 2 aliphatic heterocycles. The molecule has 0 spiro atoms. The van der Waals surface area contributed by atoms with Crippen LogP contribution >= 0.6 is 0 Å². The van der Waals surface area contributed by atoms with E-state index < -0.39 is 0 Å². The maximum atomic E-state index is 14.7. The molecular formula is C28H28FN7O2. The van der Waals surface area contributed by atoms with E-state index >= 15 is 0 Å². The third kappa shape index (κ3) is 4.89. The molecule has 3 N–H and O–H groups in total. The number of aliphatic hydroxyl groups is 1. The number of likely N-dealkylation sites (tertiary alicyclic amines) is 1. The van der Waals surface area contributed by atoms with Crippen molar-refractivity contribution in [3.8, 4) is 11.4 Å². The lowest BCUT2D eigenvalue weighted by Crippen LogP contribution is -2.38. The molecule has 4 aromatic rings. The van der Waals surface area contributed by atoms with Gasteiger partial charge in [-0.15, -0.1) is 5.53 Å². The van der Waals surface area contributed by atoms with Gasteiger partial charge in [0.25, 0.3) is 5.89 Å². The highest BCUT2D eigenvalue weighted by Crippen LogP contribution is 2.34. The van der Waals surface area contributed by atoms with Crippen LogP contribution in [0.1, 0.15) is 29.9 Å². The number of anilines is 1. The van der Waals surface area contributed by atoms with Crippen molar-refractivity contribution in [2.24, 2.45) is 5.92 Å². The quantitative estimate of drug-likeness (QED) is 0.340. The van der Waals surface area contributed by atoms with Gasteiger partial charge in [-0.25, -0.2) is 4.39 Å². The van der Waals surface area contributed by atoms with Gasteiger partial charge in [0, 0.05) is 43.2 Å². The highest BCUT2D eigenvalue weighted by atomic mass is 19.1. The summed E-state index contributed by atoms with van der Waals surface area (Å²) >= 11 is 0. The molecule has 0 bridgehead atoms. The summed E-state index contributed by atoms with van der Waals surface area (Å²) in [5, 5.41) is 15.3. The molecule has 9 nitrogen and oxygen atoms in total. The zero-order valence-corrected chi connectivity index (χ0v) is 20.7. The fourth-order valence-electron chi connectivity index (χ4n) is 4.99. The fourth-order valence-corrected chi connectivity index (χ4v) is 4.99. The van der Waals surface area contributed by atoms with Crippen LogP contribution in [0.25, 0.3) is 22.8 Å². The van der Waals surface area contributed by atoms with Gasteiger partial charge in [0.2, 0.25) is 5.82 Å². The zero-order valence-electron chi connectivity index (χ0n) is 20.7. The Morgan fingerprint density at radius 3 is 2.63 bits per heavy atom. The second-order valence-electron chi connectivity index (χ2n) is 9.53. The van der Waals surface area contributed by atoms with E-state index in [4.69, 9.17) is 4.52 Å². The third-order valence-electron chi connectivity index (χ3n) is 6.92. The monoisotopic (exact) mass is 513 g/mol. The van der Waals surface area contributed by atoms with Gasteiger partial charge >= 0.3 is 0 Å². The summed E-state index contributed by atoms with van der Waals surface area (Å²) in [5.41, 5.74) is 10.4. The number of halogens is 1. The number of benzene rings is 2.